The second-order valence-corrected chi connectivity index (χ2v) is 5.86. The zero-order chi connectivity index (χ0) is 19.4. The highest BCUT2D eigenvalue weighted by Gasteiger charge is 2.19. The summed E-state index contributed by atoms with van der Waals surface area (Å²) in [6.07, 6.45) is 0. The van der Waals surface area contributed by atoms with Crippen LogP contribution in [0.4, 0.5) is 16.2 Å². The van der Waals surface area contributed by atoms with Crippen LogP contribution in [0.5, 0.6) is 17.2 Å². The van der Waals surface area contributed by atoms with E-state index in [4.69, 9.17) is 14.2 Å². The van der Waals surface area contributed by atoms with E-state index in [1.54, 1.807) is 19.1 Å². The van der Waals surface area contributed by atoms with Crippen LogP contribution in [0.25, 0.3) is 0 Å². The van der Waals surface area contributed by atoms with E-state index < -0.39 is 11.0 Å². The number of hydrogen-bond acceptors (Lipinski definition) is 6. The number of carbonyl (C=O) groups excluding carboxylic acids is 1. The van der Waals surface area contributed by atoms with Gasteiger partial charge in [0.15, 0.2) is 11.5 Å². The Labute approximate surface area is 155 Å². The number of benzene rings is 2. The summed E-state index contributed by atoms with van der Waals surface area (Å²) in [6, 6.07) is 8.71. The molecule has 9 heteroatoms. The number of anilines is 1. The Balaban J connectivity index is 1.70. The quantitative estimate of drug-likeness (QED) is 0.615. The lowest BCUT2D eigenvalue weighted by Gasteiger charge is -2.21. The summed E-state index contributed by atoms with van der Waals surface area (Å²) in [7, 11) is 1.41. The van der Waals surface area contributed by atoms with Crippen molar-refractivity contribution in [1.29, 1.82) is 0 Å². The first kappa shape index (κ1) is 18.3. The molecule has 0 spiro atoms. The molecular formula is C18H19N3O6. The molecule has 0 fully saturated rings. The molecular weight excluding hydrogens is 354 g/mol. The Bertz CT molecular complexity index is 870. The fourth-order valence-corrected chi connectivity index (χ4v) is 2.66. The number of nitro benzene ring substituents is 1. The lowest BCUT2D eigenvalue weighted by molar-refractivity contribution is -0.384. The number of methoxy groups -OCH3 is 1. The summed E-state index contributed by atoms with van der Waals surface area (Å²) in [5, 5.41) is 16.5. The maximum absolute atomic E-state index is 12.3. The van der Waals surface area contributed by atoms with Gasteiger partial charge in [-0.05, 0) is 36.8 Å². The summed E-state index contributed by atoms with van der Waals surface area (Å²) >= 11 is 0. The first-order valence-electron chi connectivity index (χ1n) is 8.27. The molecule has 1 aliphatic heterocycles. The van der Waals surface area contributed by atoms with Gasteiger partial charge in [0.2, 0.25) is 0 Å². The first-order chi connectivity index (χ1) is 13.0. The number of urea groups is 1. The molecule has 27 heavy (non-hydrogen) atoms. The standard InChI is InChI=1S/C18H19N3O6/c1-11(12-3-6-16-17(9-12)27-8-7-26-16)19-18(22)20-14-5-4-13(25-2)10-15(14)21(23)24/h3-6,9-11H,7-8H2,1-2H3,(H2,19,20,22). The molecule has 1 unspecified atom stereocenters. The van der Waals surface area contributed by atoms with Crippen LogP contribution in [0.15, 0.2) is 36.4 Å². The van der Waals surface area contributed by atoms with E-state index in [1.165, 1.54) is 25.3 Å². The fraction of sp³-hybridized carbons (Fsp3) is 0.278. The monoisotopic (exact) mass is 373 g/mol. The molecule has 0 radical (unpaired) electrons. The number of fused-ring (bicyclic) bond motifs is 1. The van der Waals surface area contributed by atoms with Crippen molar-refractivity contribution in [3.63, 3.8) is 0 Å². The van der Waals surface area contributed by atoms with Gasteiger partial charge in [0.1, 0.15) is 24.7 Å². The maximum Gasteiger partial charge on any atom is 0.319 e. The topological polar surface area (TPSA) is 112 Å². The van der Waals surface area contributed by atoms with E-state index in [0.717, 1.165) is 5.56 Å². The summed E-state index contributed by atoms with van der Waals surface area (Å²) < 4.78 is 16.0. The van der Waals surface area contributed by atoms with Crippen LogP contribution in [-0.4, -0.2) is 31.3 Å². The van der Waals surface area contributed by atoms with Gasteiger partial charge in [-0.15, -0.1) is 0 Å². The van der Waals surface area contributed by atoms with E-state index in [9.17, 15) is 14.9 Å². The lowest BCUT2D eigenvalue weighted by atomic mass is 10.1. The number of nitrogens with zero attached hydrogens (tertiary/aromatic N) is 1. The number of amides is 2. The lowest BCUT2D eigenvalue weighted by Crippen LogP contribution is -2.31. The van der Waals surface area contributed by atoms with Gasteiger partial charge in [0.05, 0.1) is 24.1 Å². The first-order valence-corrected chi connectivity index (χ1v) is 8.27. The van der Waals surface area contributed by atoms with E-state index in [2.05, 4.69) is 10.6 Å². The van der Waals surface area contributed by atoms with Crippen molar-refractivity contribution < 1.29 is 23.9 Å². The molecule has 3 rings (SSSR count). The Morgan fingerprint density at radius 1 is 1.19 bits per heavy atom. The maximum atomic E-state index is 12.3. The van der Waals surface area contributed by atoms with Gasteiger partial charge in [-0.1, -0.05) is 6.07 Å². The number of hydrogen-bond donors (Lipinski definition) is 2. The molecule has 0 aromatic heterocycles. The number of ether oxygens (including phenoxy) is 3. The van der Waals surface area contributed by atoms with E-state index in [1.807, 2.05) is 6.07 Å². The molecule has 0 saturated carbocycles. The molecule has 2 aromatic rings. The average molecular weight is 373 g/mol. The number of nitrogens with one attached hydrogen (secondary N) is 2. The van der Waals surface area contributed by atoms with Crippen LogP contribution in [0, 0.1) is 10.1 Å². The zero-order valence-electron chi connectivity index (χ0n) is 14.9. The van der Waals surface area contributed by atoms with E-state index in [-0.39, 0.29) is 17.4 Å². The van der Waals surface area contributed by atoms with Crippen LogP contribution < -0.4 is 24.8 Å². The molecule has 1 atom stereocenters. The molecule has 0 bridgehead atoms. The van der Waals surface area contributed by atoms with Crippen molar-refractivity contribution in [2.45, 2.75) is 13.0 Å². The Hall–Kier alpha value is -3.49. The van der Waals surface area contributed by atoms with Crippen molar-refractivity contribution >= 4 is 17.4 Å². The van der Waals surface area contributed by atoms with Crippen LogP contribution in [0.2, 0.25) is 0 Å². The third kappa shape index (κ3) is 4.20. The summed E-state index contributed by atoms with van der Waals surface area (Å²) in [5.74, 6) is 1.62. The van der Waals surface area contributed by atoms with E-state index >= 15 is 0 Å². The minimum Gasteiger partial charge on any atom is -0.496 e. The fourth-order valence-electron chi connectivity index (χ4n) is 2.66. The molecule has 2 aromatic carbocycles. The highest BCUT2D eigenvalue weighted by Crippen LogP contribution is 2.33. The third-order valence-electron chi connectivity index (χ3n) is 4.06. The molecule has 142 valence electrons. The largest absolute Gasteiger partial charge is 0.496 e. The van der Waals surface area contributed by atoms with Crippen LogP contribution >= 0.6 is 0 Å². The van der Waals surface area contributed by atoms with Crippen LogP contribution in [0.3, 0.4) is 0 Å². The molecule has 0 saturated heterocycles. The predicted molar refractivity (Wildman–Crippen MR) is 97.6 cm³/mol. The van der Waals surface area contributed by atoms with Gasteiger partial charge in [-0.25, -0.2) is 4.79 Å². The summed E-state index contributed by atoms with van der Waals surface area (Å²) in [4.78, 5) is 22.9. The number of carbonyl (C=O) groups is 1. The molecule has 2 amide bonds. The average Bonchev–Trinajstić information content (AvgIpc) is 2.67. The minimum absolute atomic E-state index is 0.0766. The smallest absolute Gasteiger partial charge is 0.319 e. The zero-order valence-corrected chi connectivity index (χ0v) is 14.9. The van der Waals surface area contributed by atoms with Crippen molar-refractivity contribution in [3.8, 4) is 17.2 Å². The van der Waals surface area contributed by atoms with Crippen molar-refractivity contribution in [3.05, 3.63) is 52.1 Å². The van der Waals surface area contributed by atoms with Crippen LogP contribution in [0.1, 0.15) is 18.5 Å². The highest BCUT2D eigenvalue weighted by molar-refractivity contribution is 5.92. The molecule has 2 N–H and O–H groups in total. The van der Waals surface area contributed by atoms with Gasteiger partial charge in [-0.2, -0.15) is 0 Å². The minimum atomic E-state index is -0.581. The Kier molecular flexibility index (Phi) is 5.30. The highest BCUT2D eigenvalue weighted by atomic mass is 16.6. The van der Waals surface area contributed by atoms with E-state index in [0.29, 0.717) is 30.5 Å². The van der Waals surface area contributed by atoms with Gasteiger partial charge in [0, 0.05) is 0 Å². The second kappa shape index (κ2) is 7.81. The Morgan fingerprint density at radius 2 is 1.93 bits per heavy atom. The predicted octanol–water partition coefficient (Wildman–Crippen LogP) is 3.26. The van der Waals surface area contributed by atoms with Crippen molar-refractivity contribution in [1.82, 2.24) is 5.32 Å². The summed E-state index contributed by atoms with van der Waals surface area (Å²) in [6.45, 7) is 2.77. The van der Waals surface area contributed by atoms with Crippen molar-refractivity contribution in [2.24, 2.45) is 0 Å². The SMILES string of the molecule is COc1ccc(NC(=O)NC(C)c2ccc3c(c2)OCCO3)c([N+](=O)[O-])c1. The molecule has 9 nitrogen and oxygen atoms in total. The van der Waals surface area contributed by atoms with Crippen LogP contribution in [-0.2, 0) is 0 Å². The number of rotatable bonds is 5. The van der Waals surface area contributed by atoms with Gasteiger partial charge >= 0.3 is 6.03 Å². The third-order valence-corrected chi connectivity index (χ3v) is 4.06. The second-order valence-electron chi connectivity index (χ2n) is 5.86. The Morgan fingerprint density at radius 3 is 2.63 bits per heavy atom. The number of nitro groups is 1. The van der Waals surface area contributed by atoms with Gasteiger partial charge < -0.3 is 24.8 Å². The van der Waals surface area contributed by atoms with Crippen molar-refractivity contribution in [2.75, 3.05) is 25.6 Å². The molecule has 0 aliphatic carbocycles. The summed E-state index contributed by atoms with van der Waals surface area (Å²) in [5.41, 5.74) is 0.641. The molecule has 1 heterocycles. The van der Waals surface area contributed by atoms with Gasteiger partial charge in [-0.3, -0.25) is 10.1 Å². The normalized spacial score (nSPS) is 13.4. The molecule has 1 aliphatic rings. The van der Waals surface area contributed by atoms with Gasteiger partial charge in [0.25, 0.3) is 5.69 Å².